The number of aromatic nitrogens is 2. The molecular weight excluding hydrogens is 344 g/mol. The lowest BCUT2D eigenvalue weighted by molar-refractivity contribution is 0.0947. The van der Waals surface area contributed by atoms with E-state index in [4.69, 9.17) is 0 Å². The minimum absolute atomic E-state index is 0.0184. The van der Waals surface area contributed by atoms with E-state index in [1.165, 1.54) is 16.9 Å². The number of carbonyl (C=O) groups excluding carboxylic acids is 1. The third-order valence-electron chi connectivity index (χ3n) is 4.17. The van der Waals surface area contributed by atoms with E-state index in [1.807, 2.05) is 49.4 Å². The molecule has 5 nitrogen and oxygen atoms in total. The smallest absolute Gasteiger partial charge is 0.229 e. The molecule has 0 aliphatic carbocycles. The Kier molecular flexibility index (Phi) is 4.26. The van der Waals surface area contributed by atoms with Gasteiger partial charge in [-0.3, -0.25) is 14.8 Å². The van der Waals surface area contributed by atoms with E-state index in [9.17, 15) is 4.79 Å². The van der Waals surface area contributed by atoms with Crippen LogP contribution in [0, 0.1) is 0 Å². The van der Waals surface area contributed by atoms with Crippen molar-refractivity contribution in [1.29, 1.82) is 0 Å². The van der Waals surface area contributed by atoms with Crippen molar-refractivity contribution < 1.29 is 4.79 Å². The molecule has 4 aromatic rings. The van der Waals surface area contributed by atoms with Gasteiger partial charge >= 0.3 is 0 Å². The van der Waals surface area contributed by atoms with Crippen molar-refractivity contribution in [3.05, 3.63) is 60.2 Å². The molecule has 2 aromatic carbocycles. The molecule has 0 amide bonds. The SMILES string of the molecule is CC(=O)n1c2ccccc2c2nc(N/N=C(\C)Cc3ccccc3)sc21. The molecule has 26 heavy (non-hydrogen) atoms. The fraction of sp³-hybridized carbons (Fsp3) is 0.150. The van der Waals surface area contributed by atoms with Crippen molar-refractivity contribution in [2.75, 3.05) is 5.43 Å². The van der Waals surface area contributed by atoms with Gasteiger partial charge in [0.15, 0.2) is 0 Å². The maximum Gasteiger partial charge on any atom is 0.229 e. The summed E-state index contributed by atoms with van der Waals surface area (Å²) in [6.45, 7) is 3.55. The molecule has 2 aromatic heterocycles. The molecule has 0 fully saturated rings. The van der Waals surface area contributed by atoms with E-state index >= 15 is 0 Å². The lowest BCUT2D eigenvalue weighted by atomic mass is 10.1. The highest BCUT2D eigenvalue weighted by Crippen LogP contribution is 2.34. The molecule has 0 aliphatic heterocycles. The fourth-order valence-electron chi connectivity index (χ4n) is 3.05. The molecule has 0 saturated carbocycles. The maximum atomic E-state index is 12.1. The number of fused-ring (bicyclic) bond motifs is 3. The number of rotatable bonds is 4. The number of hydrogen-bond donors (Lipinski definition) is 1. The summed E-state index contributed by atoms with van der Waals surface area (Å²) in [5, 5.41) is 6.10. The van der Waals surface area contributed by atoms with Gasteiger partial charge in [0.1, 0.15) is 10.3 Å². The molecule has 1 N–H and O–H groups in total. The second-order valence-electron chi connectivity index (χ2n) is 6.17. The van der Waals surface area contributed by atoms with Gasteiger partial charge in [0.25, 0.3) is 0 Å². The Morgan fingerprint density at radius 2 is 1.85 bits per heavy atom. The predicted octanol–water partition coefficient (Wildman–Crippen LogP) is 4.94. The second kappa shape index (κ2) is 6.72. The van der Waals surface area contributed by atoms with Gasteiger partial charge in [-0.1, -0.05) is 59.9 Å². The van der Waals surface area contributed by atoms with Crippen LogP contribution < -0.4 is 5.43 Å². The van der Waals surface area contributed by atoms with Gasteiger partial charge in [0, 0.05) is 24.4 Å². The summed E-state index contributed by atoms with van der Waals surface area (Å²) >= 11 is 1.44. The molecule has 0 unspecified atom stereocenters. The minimum atomic E-state index is -0.0184. The van der Waals surface area contributed by atoms with Crippen molar-refractivity contribution in [2.45, 2.75) is 20.3 Å². The Hall–Kier alpha value is -2.99. The third kappa shape index (κ3) is 2.99. The zero-order valence-corrected chi connectivity index (χ0v) is 15.4. The minimum Gasteiger partial charge on any atom is -0.274 e. The summed E-state index contributed by atoms with van der Waals surface area (Å²) in [5.74, 6) is -0.0184. The molecule has 0 radical (unpaired) electrons. The number of anilines is 1. The van der Waals surface area contributed by atoms with Gasteiger partial charge in [0.2, 0.25) is 11.0 Å². The average Bonchev–Trinajstić information content (AvgIpc) is 3.17. The van der Waals surface area contributed by atoms with Gasteiger partial charge in [-0.15, -0.1) is 0 Å². The first-order valence-corrected chi connectivity index (χ1v) is 9.19. The molecule has 0 saturated heterocycles. The summed E-state index contributed by atoms with van der Waals surface area (Å²) in [4.78, 5) is 17.6. The molecule has 130 valence electrons. The van der Waals surface area contributed by atoms with E-state index in [-0.39, 0.29) is 5.91 Å². The molecule has 0 spiro atoms. The van der Waals surface area contributed by atoms with Crippen molar-refractivity contribution in [1.82, 2.24) is 9.55 Å². The topological polar surface area (TPSA) is 59.3 Å². The van der Waals surface area contributed by atoms with Crippen LogP contribution >= 0.6 is 11.3 Å². The van der Waals surface area contributed by atoms with E-state index in [2.05, 4.69) is 27.6 Å². The predicted molar refractivity (Wildman–Crippen MR) is 108 cm³/mol. The van der Waals surface area contributed by atoms with Gasteiger partial charge in [-0.2, -0.15) is 5.10 Å². The highest BCUT2D eigenvalue weighted by atomic mass is 32.1. The highest BCUT2D eigenvalue weighted by molar-refractivity contribution is 7.22. The molecule has 6 heteroatoms. The standard InChI is InChI=1S/C20H18N4OS/c1-13(12-15-8-4-3-5-9-15)22-23-20-21-18-16-10-6-7-11-17(16)24(14(2)25)19(18)26-20/h3-11H,12H2,1-2H3,(H,21,23)/b22-13+. The largest absolute Gasteiger partial charge is 0.274 e. The van der Waals surface area contributed by atoms with Crippen LogP contribution in [0.1, 0.15) is 24.2 Å². The van der Waals surface area contributed by atoms with E-state index in [0.717, 1.165) is 33.4 Å². The van der Waals surface area contributed by atoms with Crippen molar-refractivity contribution in [2.24, 2.45) is 5.10 Å². The molecule has 0 atom stereocenters. The van der Waals surface area contributed by atoms with Gasteiger partial charge in [-0.25, -0.2) is 4.98 Å². The fourth-order valence-corrected chi connectivity index (χ4v) is 4.03. The van der Waals surface area contributed by atoms with Crippen molar-refractivity contribution >= 4 is 49.3 Å². The molecular formula is C20H18N4OS. The molecule has 0 bridgehead atoms. The first-order chi connectivity index (χ1) is 12.6. The molecule has 0 aliphatic rings. The Morgan fingerprint density at radius 3 is 2.62 bits per heavy atom. The number of hydrogen-bond acceptors (Lipinski definition) is 5. The summed E-state index contributed by atoms with van der Waals surface area (Å²) < 4.78 is 1.72. The first kappa shape index (κ1) is 16.5. The molecule has 2 heterocycles. The van der Waals surface area contributed by atoms with Crippen LogP contribution in [-0.2, 0) is 6.42 Å². The van der Waals surface area contributed by atoms with Crippen molar-refractivity contribution in [3.8, 4) is 0 Å². The Bertz CT molecular complexity index is 1120. The summed E-state index contributed by atoms with van der Waals surface area (Å²) in [5.41, 5.74) is 6.95. The average molecular weight is 362 g/mol. The summed E-state index contributed by atoms with van der Waals surface area (Å²) in [7, 11) is 0. The van der Waals surface area contributed by atoms with Gasteiger partial charge in [0.05, 0.1) is 5.52 Å². The number of nitrogens with one attached hydrogen (secondary N) is 1. The van der Waals surface area contributed by atoms with Crippen LogP contribution in [0.25, 0.3) is 21.3 Å². The molecule has 4 rings (SSSR count). The number of carbonyl (C=O) groups is 1. The van der Waals surface area contributed by atoms with Crippen LogP contribution in [0.2, 0.25) is 0 Å². The number of para-hydroxylation sites is 1. The number of hydrazone groups is 1. The Labute approximate surface area is 155 Å². The van der Waals surface area contributed by atoms with E-state index in [1.54, 1.807) is 11.5 Å². The van der Waals surface area contributed by atoms with Crippen LogP contribution in [0.4, 0.5) is 5.13 Å². The van der Waals surface area contributed by atoms with E-state index < -0.39 is 0 Å². The number of nitrogens with zero attached hydrogens (tertiary/aromatic N) is 3. The number of thiazole rings is 1. The first-order valence-electron chi connectivity index (χ1n) is 8.37. The lowest BCUT2D eigenvalue weighted by Crippen LogP contribution is -2.03. The lowest BCUT2D eigenvalue weighted by Gasteiger charge is -2.02. The van der Waals surface area contributed by atoms with Crippen LogP contribution in [-0.4, -0.2) is 21.2 Å². The van der Waals surface area contributed by atoms with Crippen molar-refractivity contribution in [3.63, 3.8) is 0 Å². The zero-order chi connectivity index (χ0) is 18.1. The summed E-state index contributed by atoms with van der Waals surface area (Å²) in [6.07, 6.45) is 0.779. The van der Waals surface area contributed by atoms with Crippen LogP contribution in [0.3, 0.4) is 0 Å². The maximum absolute atomic E-state index is 12.1. The monoisotopic (exact) mass is 362 g/mol. The van der Waals surface area contributed by atoms with Crippen LogP contribution in [0.15, 0.2) is 59.7 Å². The summed E-state index contributed by atoms with van der Waals surface area (Å²) in [6, 6.07) is 18.0. The van der Waals surface area contributed by atoms with Gasteiger partial charge in [-0.05, 0) is 18.6 Å². The van der Waals surface area contributed by atoms with Crippen LogP contribution in [0.5, 0.6) is 0 Å². The third-order valence-corrected chi connectivity index (χ3v) is 5.12. The van der Waals surface area contributed by atoms with E-state index in [0.29, 0.717) is 5.13 Å². The second-order valence-corrected chi connectivity index (χ2v) is 7.14. The normalized spacial score (nSPS) is 12.0. The Morgan fingerprint density at radius 1 is 1.12 bits per heavy atom. The highest BCUT2D eigenvalue weighted by Gasteiger charge is 2.17. The Balaban J connectivity index is 1.65. The zero-order valence-electron chi connectivity index (χ0n) is 14.6. The van der Waals surface area contributed by atoms with Gasteiger partial charge < -0.3 is 0 Å². The number of benzene rings is 2. The quantitative estimate of drug-likeness (QED) is 0.413.